The van der Waals surface area contributed by atoms with Crippen molar-refractivity contribution in [1.82, 2.24) is 4.72 Å². The van der Waals surface area contributed by atoms with E-state index in [1.165, 1.54) is 0 Å². The van der Waals surface area contributed by atoms with Gasteiger partial charge in [0.1, 0.15) is 12.4 Å². The van der Waals surface area contributed by atoms with E-state index in [1.807, 2.05) is 24.3 Å². The van der Waals surface area contributed by atoms with Gasteiger partial charge in [-0.25, -0.2) is 13.1 Å². The number of esters is 1. The van der Waals surface area contributed by atoms with Crippen LogP contribution in [-0.4, -0.2) is 51.1 Å². The van der Waals surface area contributed by atoms with Crippen molar-refractivity contribution in [2.75, 3.05) is 25.5 Å². The summed E-state index contributed by atoms with van der Waals surface area (Å²) in [4.78, 5) is 11.2. The van der Waals surface area contributed by atoms with Gasteiger partial charge in [0.25, 0.3) is 0 Å². The molecule has 7 nitrogen and oxygen atoms in total. The Morgan fingerprint density at radius 1 is 1.17 bits per heavy atom. The van der Waals surface area contributed by atoms with Gasteiger partial charge in [0, 0.05) is 16.5 Å². The van der Waals surface area contributed by atoms with Gasteiger partial charge in [-0.1, -0.05) is 18.9 Å². The molecule has 0 radical (unpaired) electrons. The normalized spacial score (nSPS) is 12.5. The molecule has 1 unspecified atom stereocenters. The number of unbranched alkanes of at least 4 members (excludes halogenated alkanes) is 4. The van der Waals surface area contributed by atoms with E-state index >= 15 is 0 Å². The van der Waals surface area contributed by atoms with Crippen LogP contribution in [0.5, 0.6) is 5.75 Å². The zero-order valence-corrected chi connectivity index (χ0v) is 20.6. The van der Waals surface area contributed by atoms with Gasteiger partial charge in [-0.2, -0.15) is 0 Å². The Hall–Kier alpha value is -0.910. The maximum atomic E-state index is 12.0. The highest BCUT2D eigenvalue weighted by atomic mass is 127. The summed E-state index contributed by atoms with van der Waals surface area (Å²) in [6.45, 7) is 2.79. The largest absolute Gasteiger partial charge is 0.491 e. The number of hydrogen-bond acceptors (Lipinski definition) is 6. The minimum absolute atomic E-state index is 0.0559. The lowest BCUT2D eigenvalue weighted by Crippen LogP contribution is -2.27. The molecule has 0 spiro atoms. The number of benzene rings is 1. The van der Waals surface area contributed by atoms with Crippen molar-refractivity contribution in [3.05, 3.63) is 27.8 Å². The Labute approximate surface area is 194 Å². The second kappa shape index (κ2) is 15.8. The first-order valence-corrected chi connectivity index (χ1v) is 13.2. The van der Waals surface area contributed by atoms with Crippen molar-refractivity contribution < 1.29 is 27.8 Å². The summed E-state index contributed by atoms with van der Waals surface area (Å²) in [5, 5.41) is 10.00. The van der Waals surface area contributed by atoms with Gasteiger partial charge in [-0.3, -0.25) is 4.79 Å². The molecule has 0 aliphatic heterocycles. The summed E-state index contributed by atoms with van der Waals surface area (Å²) in [5.74, 6) is 0.596. The van der Waals surface area contributed by atoms with E-state index in [1.54, 1.807) is 6.92 Å². The molecule has 0 aliphatic carbocycles. The van der Waals surface area contributed by atoms with Crippen molar-refractivity contribution in [2.24, 2.45) is 0 Å². The molecule has 0 fully saturated rings. The van der Waals surface area contributed by atoms with Crippen LogP contribution in [-0.2, 0) is 19.6 Å². The summed E-state index contributed by atoms with van der Waals surface area (Å²) in [6.07, 6.45) is 4.67. The van der Waals surface area contributed by atoms with Crippen molar-refractivity contribution in [3.8, 4) is 5.75 Å². The number of ether oxygens (including phenoxy) is 2. The van der Waals surface area contributed by atoms with Crippen LogP contribution >= 0.6 is 22.6 Å². The van der Waals surface area contributed by atoms with Crippen LogP contribution in [0.25, 0.3) is 0 Å². The predicted molar refractivity (Wildman–Crippen MR) is 126 cm³/mol. The first-order valence-electron chi connectivity index (χ1n) is 10.5. The Balaban J connectivity index is 2.03. The van der Waals surface area contributed by atoms with E-state index in [0.29, 0.717) is 44.6 Å². The molecule has 0 saturated heterocycles. The van der Waals surface area contributed by atoms with Gasteiger partial charge in [-0.05, 0) is 79.8 Å². The lowest BCUT2D eigenvalue weighted by atomic mass is 10.1. The highest BCUT2D eigenvalue weighted by Gasteiger charge is 2.11. The number of aliphatic hydroxyl groups is 1. The third-order valence-electron chi connectivity index (χ3n) is 4.37. The molecule has 0 aliphatic rings. The zero-order valence-electron chi connectivity index (χ0n) is 17.6. The molecule has 0 aromatic heterocycles. The summed E-state index contributed by atoms with van der Waals surface area (Å²) in [7, 11) is -3.29. The number of nitrogens with one attached hydrogen (secondary N) is 1. The summed E-state index contributed by atoms with van der Waals surface area (Å²) >= 11 is 2.20. The Morgan fingerprint density at radius 2 is 1.93 bits per heavy atom. The van der Waals surface area contributed by atoms with Crippen LogP contribution < -0.4 is 9.46 Å². The third-order valence-corrected chi connectivity index (χ3v) is 6.51. The Bertz CT molecular complexity index is 713. The van der Waals surface area contributed by atoms with Gasteiger partial charge < -0.3 is 14.6 Å². The molecule has 9 heteroatoms. The van der Waals surface area contributed by atoms with Crippen molar-refractivity contribution >= 4 is 38.6 Å². The van der Waals surface area contributed by atoms with E-state index in [-0.39, 0.29) is 18.3 Å². The average molecular weight is 555 g/mol. The molecule has 0 amide bonds. The van der Waals surface area contributed by atoms with E-state index < -0.39 is 16.1 Å². The Morgan fingerprint density at radius 3 is 2.67 bits per heavy atom. The standard InChI is InChI=1S/C21H34INO6S/c1-2-28-21(25)13-5-3-4-7-14-23-30(26,27)15-8-6-11-19(24)17-29-20-12-9-10-18(22)16-20/h9-10,12,16,19,23-24H,2-8,11,13-15,17H2,1H3. The molecule has 2 N–H and O–H groups in total. The van der Waals surface area contributed by atoms with E-state index in [4.69, 9.17) is 9.47 Å². The maximum Gasteiger partial charge on any atom is 0.305 e. The fourth-order valence-electron chi connectivity index (χ4n) is 2.79. The van der Waals surface area contributed by atoms with Crippen molar-refractivity contribution in [3.63, 3.8) is 0 Å². The Kier molecular flexibility index (Phi) is 14.3. The van der Waals surface area contributed by atoms with Crippen molar-refractivity contribution in [1.29, 1.82) is 0 Å². The van der Waals surface area contributed by atoms with Gasteiger partial charge in [0.05, 0.1) is 18.5 Å². The van der Waals surface area contributed by atoms with Crippen LogP contribution in [0.2, 0.25) is 0 Å². The van der Waals surface area contributed by atoms with E-state index in [2.05, 4.69) is 27.3 Å². The lowest BCUT2D eigenvalue weighted by molar-refractivity contribution is -0.143. The minimum atomic E-state index is -3.29. The van der Waals surface area contributed by atoms with Crippen LogP contribution in [0, 0.1) is 3.57 Å². The molecule has 1 aromatic carbocycles. The summed E-state index contributed by atoms with van der Waals surface area (Å²) < 4.78 is 38.1. The SMILES string of the molecule is CCOC(=O)CCCCCCNS(=O)(=O)CCCCC(O)COc1cccc(I)c1. The number of carbonyl (C=O) groups is 1. The fraction of sp³-hybridized carbons (Fsp3) is 0.667. The highest BCUT2D eigenvalue weighted by Crippen LogP contribution is 2.15. The van der Waals surface area contributed by atoms with Gasteiger partial charge in [0.2, 0.25) is 10.0 Å². The molecular formula is C21H34INO6S. The number of carbonyl (C=O) groups excluding carboxylic acids is 1. The number of halogens is 1. The van der Waals surface area contributed by atoms with Gasteiger partial charge in [0.15, 0.2) is 0 Å². The third kappa shape index (κ3) is 14.2. The molecule has 1 atom stereocenters. The molecular weight excluding hydrogens is 521 g/mol. The number of rotatable bonds is 17. The molecule has 30 heavy (non-hydrogen) atoms. The first-order chi connectivity index (χ1) is 14.3. The summed E-state index contributed by atoms with van der Waals surface area (Å²) in [6, 6.07) is 7.59. The molecule has 1 aromatic rings. The molecule has 0 saturated carbocycles. The number of aliphatic hydroxyl groups excluding tert-OH is 1. The number of hydrogen-bond donors (Lipinski definition) is 2. The van der Waals surface area contributed by atoms with E-state index in [0.717, 1.165) is 29.3 Å². The quantitative estimate of drug-likeness (QED) is 0.173. The predicted octanol–water partition coefficient (Wildman–Crippen LogP) is 3.63. The maximum absolute atomic E-state index is 12.0. The number of sulfonamides is 1. The van der Waals surface area contributed by atoms with E-state index in [9.17, 15) is 18.3 Å². The molecule has 0 heterocycles. The molecule has 172 valence electrons. The molecule has 1 rings (SSSR count). The van der Waals surface area contributed by atoms with Gasteiger partial charge >= 0.3 is 5.97 Å². The summed E-state index contributed by atoms with van der Waals surface area (Å²) in [5.41, 5.74) is 0. The average Bonchev–Trinajstić information content (AvgIpc) is 2.69. The van der Waals surface area contributed by atoms with Crippen molar-refractivity contribution in [2.45, 2.75) is 64.4 Å². The van der Waals surface area contributed by atoms with Crippen LogP contribution in [0.1, 0.15) is 58.3 Å². The fourth-order valence-corrected chi connectivity index (χ4v) is 4.48. The molecule has 0 bridgehead atoms. The van der Waals surface area contributed by atoms with Crippen LogP contribution in [0.3, 0.4) is 0 Å². The van der Waals surface area contributed by atoms with Crippen LogP contribution in [0.4, 0.5) is 0 Å². The van der Waals surface area contributed by atoms with Crippen LogP contribution in [0.15, 0.2) is 24.3 Å². The highest BCUT2D eigenvalue weighted by molar-refractivity contribution is 14.1. The second-order valence-corrected chi connectivity index (χ2v) is 10.3. The first kappa shape index (κ1) is 27.1. The monoisotopic (exact) mass is 555 g/mol. The lowest BCUT2D eigenvalue weighted by Gasteiger charge is -2.12. The topological polar surface area (TPSA) is 102 Å². The smallest absolute Gasteiger partial charge is 0.305 e. The van der Waals surface area contributed by atoms with Gasteiger partial charge in [-0.15, -0.1) is 0 Å². The zero-order chi connectivity index (χ0) is 22.2. The minimum Gasteiger partial charge on any atom is -0.491 e. The second-order valence-electron chi connectivity index (χ2n) is 7.10.